The van der Waals surface area contributed by atoms with Gasteiger partial charge in [-0.2, -0.15) is 5.10 Å². The minimum atomic E-state index is -0.0244. The molecule has 1 unspecified atom stereocenters. The van der Waals surface area contributed by atoms with Crippen molar-refractivity contribution in [3.63, 3.8) is 0 Å². The molecule has 4 heterocycles. The molecular formula is C20H18N8O. The van der Waals surface area contributed by atoms with Crippen LogP contribution < -0.4 is 5.32 Å². The largest absolute Gasteiger partial charge is 0.358 e. The quantitative estimate of drug-likeness (QED) is 0.533. The van der Waals surface area contributed by atoms with Crippen LogP contribution in [0.5, 0.6) is 0 Å². The lowest BCUT2D eigenvalue weighted by Crippen LogP contribution is -2.17. The van der Waals surface area contributed by atoms with Gasteiger partial charge in [-0.1, -0.05) is 0 Å². The zero-order valence-electron chi connectivity index (χ0n) is 15.6. The molecule has 9 nitrogen and oxygen atoms in total. The van der Waals surface area contributed by atoms with Crippen molar-refractivity contribution < 1.29 is 4.74 Å². The molecule has 1 fully saturated rings. The number of rotatable bonds is 4. The average Bonchev–Trinajstić information content (AvgIpc) is 3.45. The van der Waals surface area contributed by atoms with Crippen LogP contribution in [0.1, 0.15) is 25.5 Å². The number of fused-ring (bicyclic) bond motifs is 1. The Labute approximate surface area is 166 Å². The van der Waals surface area contributed by atoms with Crippen LogP contribution in [-0.4, -0.2) is 35.9 Å². The van der Waals surface area contributed by atoms with Crippen molar-refractivity contribution >= 4 is 28.4 Å². The second-order valence-corrected chi connectivity index (χ2v) is 6.79. The molecule has 1 atom stereocenters. The number of aromatic nitrogens is 6. The minimum absolute atomic E-state index is 0.0244. The third-order valence-electron chi connectivity index (χ3n) is 4.90. The molecule has 1 saturated heterocycles. The summed E-state index contributed by atoms with van der Waals surface area (Å²) in [7, 11) is 0. The van der Waals surface area contributed by atoms with Gasteiger partial charge in [0, 0.05) is 37.1 Å². The first-order valence-electron chi connectivity index (χ1n) is 9.40. The first kappa shape index (κ1) is 17.3. The Hall–Kier alpha value is -3.77. The van der Waals surface area contributed by atoms with Gasteiger partial charge < -0.3 is 14.6 Å². The number of imidazole rings is 1. The smallest absolute Gasteiger partial charge is 0.224 e. The van der Waals surface area contributed by atoms with E-state index in [1.54, 1.807) is 10.9 Å². The molecule has 1 aromatic carbocycles. The molecule has 4 aromatic rings. The van der Waals surface area contributed by atoms with Gasteiger partial charge in [0.2, 0.25) is 11.6 Å². The first-order chi connectivity index (χ1) is 14.3. The van der Waals surface area contributed by atoms with Crippen LogP contribution in [0.2, 0.25) is 0 Å². The fraction of sp³-hybridized carbons (Fsp3) is 0.250. The summed E-state index contributed by atoms with van der Waals surface area (Å²) < 4.78 is 9.84. The van der Waals surface area contributed by atoms with Crippen molar-refractivity contribution in [1.29, 1.82) is 0 Å². The first-order valence-corrected chi connectivity index (χ1v) is 9.40. The van der Waals surface area contributed by atoms with Crippen LogP contribution in [-0.2, 0) is 4.74 Å². The van der Waals surface area contributed by atoms with E-state index in [0.29, 0.717) is 11.6 Å². The highest BCUT2D eigenvalue weighted by atomic mass is 16.5. The second kappa shape index (κ2) is 7.33. The number of nitrogens with one attached hydrogen (secondary N) is 1. The Bertz CT molecular complexity index is 1170. The zero-order valence-corrected chi connectivity index (χ0v) is 15.6. The monoisotopic (exact) mass is 386 g/mol. The maximum absolute atomic E-state index is 7.03. The highest BCUT2D eigenvalue weighted by molar-refractivity contribution is 5.88. The van der Waals surface area contributed by atoms with Gasteiger partial charge in [-0.15, -0.1) is 0 Å². The van der Waals surface area contributed by atoms with Gasteiger partial charge in [0.25, 0.3) is 0 Å². The number of benzene rings is 1. The van der Waals surface area contributed by atoms with Gasteiger partial charge >= 0.3 is 0 Å². The van der Waals surface area contributed by atoms with Crippen molar-refractivity contribution in [2.45, 2.75) is 25.5 Å². The fourth-order valence-electron chi connectivity index (χ4n) is 3.52. The van der Waals surface area contributed by atoms with Gasteiger partial charge in [0.15, 0.2) is 0 Å². The van der Waals surface area contributed by atoms with Crippen molar-refractivity contribution in [3.05, 3.63) is 60.7 Å². The summed E-state index contributed by atoms with van der Waals surface area (Å²) in [6, 6.07) is 5.85. The summed E-state index contributed by atoms with van der Waals surface area (Å²) in [6.07, 6.45) is 11.6. The maximum atomic E-state index is 7.03. The van der Waals surface area contributed by atoms with Gasteiger partial charge in [-0.05, 0) is 37.5 Å². The van der Waals surface area contributed by atoms with Crippen LogP contribution in [0.4, 0.5) is 17.3 Å². The molecule has 0 amide bonds. The summed E-state index contributed by atoms with van der Waals surface area (Å²) in [4.78, 5) is 16.4. The fourth-order valence-corrected chi connectivity index (χ4v) is 3.52. The van der Waals surface area contributed by atoms with Gasteiger partial charge in [-0.25, -0.2) is 24.5 Å². The third kappa shape index (κ3) is 3.30. The molecule has 3 aromatic heterocycles. The van der Waals surface area contributed by atoms with Crippen LogP contribution in [0.15, 0.2) is 49.3 Å². The van der Waals surface area contributed by atoms with Crippen molar-refractivity contribution in [1.82, 2.24) is 29.3 Å². The molecule has 5 rings (SSSR count). The molecule has 0 radical (unpaired) electrons. The molecule has 1 aliphatic rings. The standard InChI is InChI=1S/C20H18N8O/c1-21-15-11-22-20(23-12-15)26-14-9-16-19(17(10-14)28-7-4-6-25-28)24-13-27(16)18-5-2-3-8-29-18/h4,6-7,9-13,18H,2-3,5,8H2,(H,22,23,26). The van der Waals surface area contributed by atoms with Crippen LogP contribution in [0.3, 0.4) is 0 Å². The highest BCUT2D eigenvalue weighted by Crippen LogP contribution is 2.32. The average molecular weight is 386 g/mol. The lowest BCUT2D eigenvalue weighted by molar-refractivity contribution is -0.0295. The van der Waals surface area contributed by atoms with Crippen LogP contribution in [0.25, 0.3) is 21.6 Å². The molecule has 0 aliphatic carbocycles. The second-order valence-electron chi connectivity index (χ2n) is 6.79. The topological polar surface area (TPSA) is 87.0 Å². The van der Waals surface area contributed by atoms with E-state index in [2.05, 4.69) is 34.8 Å². The Morgan fingerprint density at radius 1 is 1.17 bits per heavy atom. The van der Waals surface area contributed by atoms with Crippen molar-refractivity contribution in [2.24, 2.45) is 0 Å². The Balaban J connectivity index is 1.60. The van der Waals surface area contributed by atoms with E-state index in [-0.39, 0.29) is 6.23 Å². The Kier molecular flexibility index (Phi) is 4.38. The SMILES string of the molecule is [C-]#[N+]c1cnc(Nc2cc(-n3cccn3)c3ncn(C4CCCCO4)c3c2)nc1. The highest BCUT2D eigenvalue weighted by Gasteiger charge is 2.20. The van der Waals surface area contributed by atoms with Gasteiger partial charge in [0.05, 0.1) is 24.1 Å². The van der Waals surface area contributed by atoms with E-state index < -0.39 is 0 Å². The van der Waals surface area contributed by atoms with E-state index in [4.69, 9.17) is 11.3 Å². The van der Waals surface area contributed by atoms with Crippen molar-refractivity contribution in [2.75, 3.05) is 11.9 Å². The molecule has 29 heavy (non-hydrogen) atoms. The molecule has 9 heteroatoms. The molecule has 1 aliphatic heterocycles. The summed E-state index contributed by atoms with van der Waals surface area (Å²) in [5, 5.41) is 7.59. The summed E-state index contributed by atoms with van der Waals surface area (Å²) in [5.74, 6) is 0.420. The maximum Gasteiger partial charge on any atom is 0.224 e. The van der Waals surface area contributed by atoms with Crippen LogP contribution in [0, 0.1) is 6.57 Å². The predicted molar refractivity (Wildman–Crippen MR) is 107 cm³/mol. The van der Waals surface area contributed by atoms with E-state index in [1.165, 1.54) is 12.4 Å². The van der Waals surface area contributed by atoms with Gasteiger partial charge in [0.1, 0.15) is 11.7 Å². The molecule has 1 N–H and O–H groups in total. The van der Waals surface area contributed by atoms with E-state index in [0.717, 1.165) is 48.3 Å². The number of hydrogen-bond acceptors (Lipinski definition) is 6. The van der Waals surface area contributed by atoms with Crippen LogP contribution >= 0.6 is 0 Å². The lowest BCUT2D eigenvalue weighted by atomic mass is 10.1. The number of anilines is 2. The van der Waals surface area contributed by atoms with Gasteiger partial charge in [-0.3, -0.25) is 0 Å². The third-order valence-corrected chi connectivity index (χ3v) is 4.90. The summed E-state index contributed by atoms with van der Waals surface area (Å²) in [5.41, 5.74) is 3.84. The van der Waals surface area contributed by atoms with Crippen molar-refractivity contribution in [3.8, 4) is 5.69 Å². The summed E-state index contributed by atoms with van der Waals surface area (Å²) in [6.45, 7) is 7.79. The molecule has 0 spiro atoms. The molecular weight excluding hydrogens is 368 g/mol. The van der Waals surface area contributed by atoms with E-state index >= 15 is 0 Å². The predicted octanol–water partition coefficient (Wildman–Crippen LogP) is 4.01. The normalized spacial score (nSPS) is 16.6. The number of nitrogens with zero attached hydrogens (tertiary/aromatic N) is 7. The Morgan fingerprint density at radius 3 is 2.79 bits per heavy atom. The number of ether oxygens (including phenoxy) is 1. The molecule has 0 bridgehead atoms. The minimum Gasteiger partial charge on any atom is -0.358 e. The van der Waals surface area contributed by atoms with E-state index in [1.807, 2.05) is 30.7 Å². The Morgan fingerprint density at radius 2 is 2.07 bits per heavy atom. The lowest BCUT2D eigenvalue weighted by Gasteiger charge is -2.24. The van der Waals surface area contributed by atoms with E-state index in [9.17, 15) is 0 Å². The molecule has 0 saturated carbocycles. The summed E-state index contributed by atoms with van der Waals surface area (Å²) >= 11 is 0. The molecule has 144 valence electrons. The number of hydrogen-bond donors (Lipinski definition) is 1. The zero-order chi connectivity index (χ0) is 19.6.